The molecule has 1 N–H and O–H groups in total. The first-order valence-corrected chi connectivity index (χ1v) is 9.81. The van der Waals surface area contributed by atoms with E-state index in [2.05, 4.69) is 15.4 Å². The molecule has 0 saturated carbocycles. The molecule has 7 nitrogen and oxygen atoms in total. The van der Waals surface area contributed by atoms with Gasteiger partial charge in [0.15, 0.2) is 5.76 Å². The van der Waals surface area contributed by atoms with Gasteiger partial charge in [-0.2, -0.15) is 4.98 Å². The summed E-state index contributed by atoms with van der Waals surface area (Å²) >= 11 is 1.44. The molecule has 2 aromatic carbocycles. The highest BCUT2D eigenvalue weighted by Gasteiger charge is 2.20. The van der Waals surface area contributed by atoms with E-state index in [-0.39, 0.29) is 17.6 Å². The molecule has 0 aliphatic carbocycles. The van der Waals surface area contributed by atoms with Crippen LogP contribution in [-0.2, 0) is 0 Å². The Kier molecular flexibility index (Phi) is 4.06. The molecule has 5 aromatic rings. The van der Waals surface area contributed by atoms with Crippen LogP contribution in [-0.4, -0.2) is 27.6 Å². The highest BCUT2D eigenvalue weighted by Crippen LogP contribution is 2.33. The van der Waals surface area contributed by atoms with Crippen LogP contribution in [0.15, 0.2) is 58.3 Å². The number of furan rings is 1. The van der Waals surface area contributed by atoms with Crippen molar-refractivity contribution in [2.45, 2.75) is 6.92 Å². The summed E-state index contributed by atoms with van der Waals surface area (Å²) < 4.78 is 12.9. The van der Waals surface area contributed by atoms with Crippen molar-refractivity contribution < 1.29 is 13.9 Å². The average molecular weight is 404 g/mol. The fourth-order valence-corrected chi connectivity index (χ4v) is 4.15. The van der Waals surface area contributed by atoms with Gasteiger partial charge in [-0.15, -0.1) is 16.4 Å². The Bertz CT molecular complexity index is 1370. The number of ether oxygens (including phenoxy) is 1. The predicted octanol–water partition coefficient (Wildman–Crippen LogP) is 4.77. The number of carbonyl (C=O) groups excluding carboxylic acids is 1. The van der Waals surface area contributed by atoms with Gasteiger partial charge in [0.1, 0.15) is 11.3 Å². The van der Waals surface area contributed by atoms with Crippen LogP contribution < -0.4 is 10.1 Å². The molecule has 0 unspecified atom stereocenters. The van der Waals surface area contributed by atoms with E-state index in [0.29, 0.717) is 10.5 Å². The Hall–Kier alpha value is -3.65. The van der Waals surface area contributed by atoms with Gasteiger partial charge in [0.2, 0.25) is 4.96 Å². The first-order valence-electron chi connectivity index (χ1n) is 8.93. The van der Waals surface area contributed by atoms with Crippen molar-refractivity contribution in [3.8, 4) is 17.0 Å². The number of rotatable bonds is 4. The molecule has 0 radical (unpaired) electrons. The van der Waals surface area contributed by atoms with E-state index in [1.807, 2.05) is 60.8 Å². The number of benzene rings is 2. The predicted molar refractivity (Wildman–Crippen MR) is 112 cm³/mol. The molecule has 0 aliphatic heterocycles. The third-order valence-electron chi connectivity index (χ3n) is 4.74. The van der Waals surface area contributed by atoms with Crippen LogP contribution in [0.25, 0.3) is 27.2 Å². The topological polar surface area (TPSA) is 81.7 Å². The number of aryl methyl sites for hydroxylation is 1. The summed E-state index contributed by atoms with van der Waals surface area (Å²) in [4.78, 5) is 17.8. The minimum Gasteiger partial charge on any atom is -0.496 e. The van der Waals surface area contributed by atoms with Gasteiger partial charge in [0.25, 0.3) is 11.9 Å². The van der Waals surface area contributed by atoms with Crippen LogP contribution in [0, 0.1) is 6.92 Å². The molecule has 29 heavy (non-hydrogen) atoms. The van der Waals surface area contributed by atoms with E-state index in [4.69, 9.17) is 9.15 Å². The number of thiazole rings is 1. The first-order chi connectivity index (χ1) is 14.2. The molecule has 3 heterocycles. The molecule has 8 heteroatoms. The maximum atomic E-state index is 12.7. The third kappa shape index (κ3) is 2.85. The Morgan fingerprint density at radius 1 is 1.17 bits per heavy atom. The standard InChI is InChI=1S/C21H16N4O3S/c1-12-13-7-3-6-10-17(13)28-18(12)19(26)22-20-23-21-25(24-20)15(11-29-21)14-8-4-5-9-16(14)27-2/h3-11H,1-2H3,(H,22,24,26). The summed E-state index contributed by atoms with van der Waals surface area (Å²) in [5, 5.41) is 10.1. The first kappa shape index (κ1) is 17.4. The second-order valence-electron chi connectivity index (χ2n) is 6.46. The van der Waals surface area contributed by atoms with Gasteiger partial charge in [-0.25, -0.2) is 4.52 Å². The lowest BCUT2D eigenvalue weighted by atomic mass is 10.1. The number of carbonyl (C=O) groups is 1. The Labute approximate surface area is 169 Å². The second-order valence-corrected chi connectivity index (χ2v) is 7.29. The van der Waals surface area contributed by atoms with Crippen LogP contribution >= 0.6 is 11.3 Å². The zero-order valence-electron chi connectivity index (χ0n) is 15.7. The van der Waals surface area contributed by atoms with E-state index in [1.165, 1.54) is 11.3 Å². The van der Waals surface area contributed by atoms with E-state index in [9.17, 15) is 4.79 Å². The lowest BCUT2D eigenvalue weighted by Crippen LogP contribution is -2.13. The molecular formula is C21H16N4O3S. The SMILES string of the molecule is COc1ccccc1-c1csc2nc(NC(=O)c3oc4ccccc4c3C)nn12. The summed E-state index contributed by atoms with van der Waals surface area (Å²) in [5.41, 5.74) is 3.20. The largest absolute Gasteiger partial charge is 0.496 e. The molecule has 144 valence electrons. The third-order valence-corrected chi connectivity index (χ3v) is 5.56. The molecule has 1 amide bonds. The zero-order chi connectivity index (χ0) is 20.0. The molecule has 3 aromatic heterocycles. The lowest BCUT2D eigenvalue weighted by molar-refractivity contribution is 0.0997. The van der Waals surface area contributed by atoms with Gasteiger partial charge < -0.3 is 9.15 Å². The number of aromatic nitrogens is 3. The van der Waals surface area contributed by atoms with Gasteiger partial charge in [-0.05, 0) is 25.1 Å². The van der Waals surface area contributed by atoms with Gasteiger partial charge in [-0.3, -0.25) is 10.1 Å². The van der Waals surface area contributed by atoms with Gasteiger partial charge in [-0.1, -0.05) is 30.3 Å². The fourth-order valence-electron chi connectivity index (χ4n) is 3.33. The van der Waals surface area contributed by atoms with Crippen LogP contribution in [0.5, 0.6) is 5.75 Å². The molecule has 0 saturated heterocycles. The van der Waals surface area contributed by atoms with Gasteiger partial charge >= 0.3 is 0 Å². The highest BCUT2D eigenvalue weighted by molar-refractivity contribution is 7.15. The Morgan fingerprint density at radius 2 is 1.97 bits per heavy atom. The Morgan fingerprint density at radius 3 is 2.79 bits per heavy atom. The summed E-state index contributed by atoms with van der Waals surface area (Å²) in [6, 6.07) is 15.2. The number of anilines is 1. The molecular weight excluding hydrogens is 388 g/mol. The lowest BCUT2D eigenvalue weighted by Gasteiger charge is -2.06. The van der Waals surface area contributed by atoms with Crippen LogP contribution in [0.2, 0.25) is 0 Å². The maximum absolute atomic E-state index is 12.7. The van der Waals surface area contributed by atoms with Crippen molar-refractivity contribution in [3.63, 3.8) is 0 Å². The normalized spacial score (nSPS) is 11.2. The second kappa shape index (κ2) is 6.75. The van der Waals surface area contributed by atoms with E-state index < -0.39 is 0 Å². The van der Waals surface area contributed by atoms with Crippen molar-refractivity contribution in [1.29, 1.82) is 0 Å². The Balaban J connectivity index is 1.49. The minimum absolute atomic E-state index is 0.220. The van der Waals surface area contributed by atoms with Crippen LogP contribution in [0.3, 0.4) is 0 Å². The number of para-hydroxylation sites is 2. The minimum atomic E-state index is -0.379. The number of fused-ring (bicyclic) bond motifs is 2. The molecule has 0 fully saturated rings. The van der Waals surface area contributed by atoms with Crippen molar-refractivity contribution in [1.82, 2.24) is 14.6 Å². The number of nitrogens with zero attached hydrogens (tertiary/aromatic N) is 3. The smallest absolute Gasteiger partial charge is 0.294 e. The quantitative estimate of drug-likeness (QED) is 0.466. The average Bonchev–Trinajstić information content (AvgIpc) is 3.41. The van der Waals surface area contributed by atoms with Gasteiger partial charge in [0.05, 0.1) is 12.8 Å². The fraction of sp³-hybridized carbons (Fsp3) is 0.0952. The summed E-state index contributed by atoms with van der Waals surface area (Å²) in [5.74, 6) is 0.842. The van der Waals surface area contributed by atoms with Crippen molar-refractivity contribution in [2.75, 3.05) is 12.4 Å². The van der Waals surface area contributed by atoms with Crippen LogP contribution in [0.4, 0.5) is 5.95 Å². The maximum Gasteiger partial charge on any atom is 0.294 e. The van der Waals surface area contributed by atoms with Gasteiger partial charge in [0, 0.05) is 21.9 Å². The van der Waals surface area contributed by atoms with Crippen molar-refractivity contribution >= 4 is 39.1 Å². The number of hydrogen-bond acceptors (Lipinski definition) is 6. The number of amides is 1. The van der Waals surface area contributed by atoms with E-state index in [1.54, 1.807) is 11.6 Å². The summed E-state index contributed by atoms with van der Waals surface area (Å²) in [6.07, 6.45) is 0. The summed E-state index contributed by atoms with van der Waals surface area (Å²) in [6.45, 7) is 1.86. The van der Waals surface area contributed by atoms with E-state index >= 15 is 0 Å². The number of methoxy groups -OCH3 is 1. The molecule has 0 bridgehead atoms. The zero-order valence-corrected chi connectivity index (χ0v) is 16.5. The molecule has 0 atom stereocenters. The number of hydrogen-bond donors (Lipinski definition) is 1. The summed E-state index contributed by atoms with van der Waals surface area (Å²) in [7, 11) is 1.63. The molecule has 0 aliphatic rings. The van der Waals surface area contributed by atoms with E-state index in [0.717, 1.165) is 28.0 Å². The molecule has 0 spiro atoms. The monoisotopic (exact) mass is 404 g/mol. The highest BCUT2D eigenvalue weighted by atomic mass is 32.1. The number of nitrogens with one attached hydrogen (secondary N) is 1. The van der Waals surface area contributed by atoms with Crippen LogP contribution in [0.1, 0.15) is 16.1 Å². The van der Waals surface area contributed by atoms with Crippen molar-refractivity contribution in [3.05, 3.63) is 65.2 Å². The van der Waals surface area contributed by atoms with Crippen molar-refractivity contribution in [2.24, 2.45) is 0 Å². The molecule has 5 rings (SSSR count).